The molecule has 2 aromatic rings. The van der Waals surface area contributed by atoms with Crippen molar-refractivity contribution in [3.05, 3.63) is 46.1 Å². The Hall–Kier alpha value is -2.57. The van der Waals surface area contributed by atoms with Crippen LogP contribution < -0.4 is 10.4 Å². The van der Waals surface area contributed by atoms with Gasteiger partial charge in [0, 0.05) is 19.5 Å². The van der Waals surface area contributed by atoms with Crippen molar-refractivity contribution < 1.29 is 14.6 Å². The van der Waals surface area contributed by atoms with E-state index >= 15 is 0 Å². The number of carboxylic acids is 1. The Balaban J connectivity index is 1.95. The van der Waals surface area contributed by atoms with Crippen molar-refractivity contribution >= 4 is 5.97 Å². The van der Waals surface area contributed by atoms with Gasteiger partial charge < -0.3 is 9.84 Å². The van der Waals surface area contributed by atoms with Crippen LogP contribution in [0.1, 0.15) is 58.3 Å². The van der Waals surface area contributed by atoms with E-state index in [4.69, 9.17) is 9.84 Å². The molecule has 2 rings (SSSR count). The Morgan fingerprint density at radius 2 is 1.82 bits per heavy atom. The summed E-state index contributed by atoms with van der Waals surface area (Å²) in [6.07, 6.45) is 4.46. The molecule has 0 unspecified atom stereocenters. The lowest BCUT2D eigenvalue weighted by Gasteiger charge is -2.21. The molecule has 1 N–H and O–H groups in total. The van der Waals surface area contributed by atoms with E-state index in [1.54, 1.807) is 21.4 Å². The second-order valence-corrected chi connectivity index (χ2v) is 7.43. The molecular formula is C21H31N3O4. The van der Waals surface area contributed by atoms with Gasteiger partial charge in [0.15, 0.2) is 5.60 Å². The molecule has 154 valence electrons. The first-order chi connectivity index (χ1) is 13.3. The van der Waals surface area contributed by atoms with Crippen molar-refractivity contribution in [2.24, 2.45) is 0 Å². The first-order valence-electron chi connectivity index (χ1n) is 9.96. The lowest BCUT2D eigenvalue weighted by molar-refractivity contribution is -0.152. The van der Waals surface area contributed by atoms with Gasteiger partial charge in [-0.05, 0) is 57.7 Å². The minimum absolute atomic E-state index is 0.0199. The highest BCUT2D eigenvalue weighted by Gasteiger charge is 2.29. The average Bonchev–Trinajstić information content (AvgIpc) is 2.95. The van der Waals surface area contributed by atoms with Crippen LogP contribution in [0.5, 0.6) is 5.75 Å². The number of aliphatic carboxylic acids is 1. The zero-order valence-corrected chi connectivity index (χ0v) is 17.3. The lowest BCUT2D eigenvalue weighted by atomic mass is 10.1. The predicted octanol–water partition coefficient (Wildman–Crippen LogP) is 3.28. The molecule has 0 spiro atoms. The predicted molar refractivity (Wildman–Crippen MR) is 108 cm³/mol. The fourth-order valence-corrected chi connectivity index (χ4v) is 2.96. The quantitative estimate of drug-likeness (QED) is 0.637. The molecule has 28 heavy (non-hydrogen) atoms. The highest BCUT2D eigenvalue weighted by Crippen LogP contribution is 2.20. The molecule has 1 heterocycles. The number of aromatic nitrogens is 3. The molecule has 0 amide bonds. The summed E-state index contributed by atoms with van der Waals surface area (Å²) < 4.78 is 8.85. The molecular weight excluding hydrogens is 358 g/mol. The van der Waals surface area contributed by atoms with Gasteiger partial charge in [-0.3, -0.25) is 4.57 Å². The maximum absolute atomic E-state index is 12.4. The highest BCUT2D eigenvalue weighted by atomic mass is 16.5. The Bertz CT molecular complexity index is 834. The molecule has 0 atom stereocenters. The van der Waals surface area contributed by atoms with Gasteiger partial charge in [-0.1, -0.05) is 25.5 Å². The summed E-state index contributed by atoms with van der Waals surface area (Å²) in [5.41, 5.74) is -0.146. The van der Waals surface area contributed by atoms with Gasteiger partial charge in [0.25, 0.3) is 0 Å². The molecule has 0 saturated heterocycles. The summed E-state index contributed by atoms with van der Waals surface area (Å²) in [5, 5.41) is 13.6. The van der Waals surface area contributed by atoms with Gasteiger partial charge in [-0.25, -0.2) is 14.3 Å². The van der Waals surface area contributed by atoms with Crippen molar-refractivity contribution in [1.29, 1.82) is 0 Å². The zero-order chi connectivity index (χ0) is 20.7. The van der Waals surface area contributed by atoms with Crippen molar-refractivity contribution in [3.8, 4) is 5.75 Å². The first kappa shape index (κ1) is 21.7. The van der Waals surface area contributed by atoms with E-state index < -0.39 is 11.6 Å². The normalized spacial score (nSPS) is 11.6. The van der Waals surface area contributed by atoms with Crippen LogP contribution in [-0.2, 0) is 30.7 Å². The van der Waals surface area contributed by atoms with Crippen LogP contribution in [0.4, 0.5) is 0 Å². The maximum Gasteiger partial charge on any atom is 0.347 e. The SMILES string of the molecule is CCCCn1nc(CCCc2ccc(OC(C)(C)C(=O)O)cc2)n(CC)c1=O. The van der Waals surface area contributed by atoms with Crippen LogP contribution in [-0.4, -0.2) is 31.0 Å². The van der Waals surface area contributed by atoms with E-state index in [1.165, 1.54) is 13.8 Å². The van der Waals surface area contributed by atoms with Crippen molar-refractivity contribution in [2.75, 3.05) is 0 Å². The molecule has 0 aliphatic rings. The third-order valence-electron chi connectivity index (χ3n) is 4.72. The van der Waals surface area contributed by atoms with E-state index in [9.17, 15) is 9.59 Å². The fourth-order valence-electron chi connectivity index (χ4n) is 2.96. The molecule has 1 aromatic carbocycles. The van der Waals surface area contributed by atoms with E-state index in [0.29, 0.717) is 18.8 Å². The Labute approximate surface area is 166 Å². The van der Waals surface area contributed by atoms with Gasteiger partial charge in [-0.15, -0.1) is 0 Å². The van der Waals surface area contributed by atoms with Crippen LogP contribution >= 0.6 is 0 Å². The zero-order valence-electron chi connectivity index (χ0n) is 17.3. The molecule has 0 bridgehead atoms. The maximum atomic E-state index is 12.4. The monoisotopic (exact) mass is 389 g/mol. The van der Waals surface area contributed by atoms with Crippen molar-refractivity contribution in [1.82, 2.24) is 14.3 Å². The topological polar surface area (TPSA) is 86.3 Å². The molecule has 0 saturated carbocycles. The second-order valence-electron chi connectivity index (χ2n) is 7.43. The molecule has 0 aliphatic carbocycles. The third-order valence-corrected chi connectivity index (χ3v) is 4.72. The van der Waals surface area contributed by atoms with Gasteiger partial charge in [0.1, 0.15) is 11.6 Å². The number of hydrogen-bond donors (Lipinski definition) is 1. The molecule has 7 heteroatoms. The van der Waals surface area contributed by atoms with E-state index in [0.717, 1.165) is 43.5 Å². The third kappa shape index (κ3) is 5.47. The lowest BCUT2D eigenvalue weighted by Crippen LogP contribution is -2.37. The number of ether oxygens (including phenoxy) is 1. The highest BCUT2D eigenvalue weighted by molar-refractivity contribution is 5.76. The Morgan fingerprint density at radius 3 is 2.39 bits per heavy atom. The van der Waals surface area contributed by atoms with Gasteiger partial charge >= 0.3 is 11.7 Å². The summed E-state index contributed by atoms with van der Waals surface area (Å²) >= 11 is 0. The second kappa shape index (κ2) is 9.57. The first-order valence-corrected chi connectivity index (χ1v) is 9.96. The van der Waals surface area contributed by atoms with Crippen LogP contribution in [0.3, 0.4) is 0 Å². The largest absolute Gasteiger partial charge is 0.478 e. The Morgan fingerprint density at radius 1 is 1.14 bits per heavy atom. The number of aryl methyl sites for hydroxylation is 3. The van der Waals surface area contributed by atoms with Crippen LogP contribution in [0, 0.1) is 0 Å². The van der Waals surface area contributed by atoms with Crippen LogP contribution in [0.2, 0.25) is 0 Å². The van der Waals surface area contributed by atoms with Crippen LogP contribution in [0.25, 0.3) is 0 Å². The molecule has 7 nitrogen and oxygen atoms in total. The number of nitrogens with zero attached hydrogens (tertiary/aromatic N) is 3. The minimum atomic E-state index is -1.26. The summed E-state index contributed by atoms with van der Waals surface area (Å²) in [5.74, 6) is 0.370. The fraction of sp³-hybridized carbons (Fsp3) is 0.571. The summed E-state index contributed by atoms with van der Waals surface area (Å²) in [6, 6.07) is 7.48. The van der Waals surface area contributed by atoms with Crippen LogP contribution in [0.15, 0.2) is 29.1 Å². The minimum Gasteiger partial charge on any atom is -0.478 e. The smallest absolute Gasteiger partial charge is 0.347 e. The van der Waals surface area contributed by atoms with Crippen molar-refractivity contribution in [2.45, 2.75) is 78.5 Å². The van der Waals surface area contributed by atoms with E-state index in [-0.39, 0.29) is 5.69 Å². The number of carbonyl (C=O) groups is 1. The van der Waals surface area contributed by atoms with Gasteiger partial charge in [0.2, 0.25) is 0 Å². The number of hydrogen-bond acceptors (Lipinski definition) is 4. The molecule has 0 fully saturated rings. The molecule has 0 radical (unpaired) electrons. The van der Waals surface area contributed by atoms with E-state index in [1.807, 2.05) is 19.1 Å². The molecule has 1 aromatic heterocycles. The summed E-state index contributed by atoms with van der Waals surface area (Å²) in [7, 11) is 0. The number of benzene rings is 1. The average molecular weight is 389 g/mol. The summed E-state index contributed by atoms with van der Waals surface area (Å²) in [6.45, 7) is 8.41. The molecule has 0 aliphatic heterocycles. The summed E-state index contributed by atoms with van der Waals surface area (Å²) in [4.78, 5) is 23.5. The number of carboxylic acid groups (broad SMARTS) is 1. The van der Waals surface area contributed by atoms with Gasteiger partial charge in [0.05, 0.1) is 0 Å². The standard InChI is InChI=1S/C21H31N3O4/c1-5-7-15-24-20(27)23(6-2)18(22-24)10-8-9-16-11-13-17(14-12-16)28-21(3,4)19(25)26/h11-14H,5-10,15H2,1-4H3,(H,25,26). The van der Waals surface area contributed by atoms with E-state index in [2.05, 4.69) is 12.0 Å². The van der Waals surface area contributed by atoms with Gasteiger partial charge in [-0.2, -0.15) is 5.10 Å². The number of rotatable bonds is 11. The Kier molecular flexibility index (Phi) is 7.43. The number of unbranched alkanes of at least 4 members (excludes halogenated alkanes) is 1. The van der Waals surface area contributed by atoms with Crippen molar-refractivity contribution in [3.63, 3.8) is 0 Å².